The van der Waals surface area contributed by atoms with Gasteiger partial charge >= 0.3 is 0 Å². The average Bonchev–Trinajstić information content (AvgIpc) is 2.72. The molecular weight excluding hydrogens is 192 g/mol. The minimum absolute atomic E-state index is 0.970. The summed E-state index contributed by atoms with van der Waals surface area (Å²) in [5, 5.41) is 4.72. The molecule has 0 amide bonds. The zero-order valence-electron chi connectivity index (χ0n) is 8.81. The van der Waals surface area contributed by atoms with Crippen molar-refractivity contribution in [2.45, 2.75) is 45.6 Å². The summed E-state index contributed by atoms with van der Waals surface area (Å²) < 4.78 is 0. The van der Waals surface area contributed by atoms with E-state index in [0.717, 1.165) is 13.1 Å². The number of nitrogens with zero attached hydrogens (tertiary/aromatic N) is 1. The molecule has 0 aliphatic heterocycles. The van der Waals surface area contributed by atoms with Crippen LogP contribution in [0, 0.1) is 0 Å². The van der Waals surface area contributed by atoms with E-state index in [0.29, 0.717) is 0 Å². The Morgan fingerprint density at radius 1 is 1.43 bits per heavy atom. The molecule has 0 saturated heterocycles. The molecule has 0 fully saturated rings. The third-order valence-corrected chi connectivity index (χ3v) is 3.78. The molecule has 2 rings (SSSR count). The number of rotatable bonds is 5. The van der Waals surface area contributed by atoms with Crippen molar-refractivity contribution in [2.75, 3.05) is 6.54 Å². The van der Waals surface area contributed by atoms with Crippen molar-refractivity contribution in [3.05, 3.63) is 15.6 Å². The normalized spacial score (nSPS) is 14.6. The molecule has 0 unspecified atom stereocenters. The van der Waals surface area contributed by atoms with Crippen molar-refractivity contribution < 1.29 is 0 Å². The molecule has 1 aliphatic carbocycles. The van der Waals surface area contributed by atoms with Crippen LogP contribution >= 0.6 is 11.3 Å². The Bertz CT molecular complexity index is 272. The fourth-order valence-electron chi connectivity index (χ4n) is 1.82. The van der Waals surface area contributed by atoms with Gasteiger partial charge in [-0.3, -0.25) is 0 Å². The van der Waals surface area contributed by atoms with Gasteiger partial charge in [0.2, 0.25) is 0 Å². The maximum absolute atomic E-state index is 4.64. The maximum Gasteiger partial charge on any atom is 0.107 e. The van der Waals surface area contributed by atoms with E-state index in [9.17, 15) is 0 Å². The third kappa shape index (κ3) is 2.34. The highest BCUT2D eigenvalue weighted by atomic mass is 32.1. The fraction of sp³-hybridized carbons (Fsp3) is 0.727. The van der Waals surface area contributed by atoms with E-state index in [4.69, 9.17) is 0 Å². The summed E-state index contributed by atoms with van der Waals surface area (Å²) in [7, 11) is 0. The van der Waals surface area contributed by atoms with Gasteiger partial charge in [-0.2, -0.15) is 0 Å². The van der Waals surface area contributed by atoms with Gasteiger partial charge in [0.15, 0.2) is 0 Å². The highest BCUT2D eigenvalue weighted by Crippen LogP contribution is 2.27. The van der Waals surface area contributed by atoms with Gasteiger partial charge in [-0.05, 0) is 32.2 Å². The molecule has 0 radical (unpaired) electrons. The maximum atomic E-state index is 4.64. The Morgan fingerprint density at radius 2 is 2.36 bits per heavy atom. The van der Waals surface area contributed by atoms with Crippen LogP contribution in [0.4, 0.5) is 0 Å². The van der Waals surface area contributed by atoms with Crippen LogP contribution in [0.2, 0.25) is 0 Å². The fourth-order valence-corrected chi connectivity index (χ4v) is 2.94. The van der Waals surface area contributed by atoms with Gasteiger partial charge in [-0.1, -0.05) is 13.3 Å². The Hall–Kier alpha value is -0.410. The first-order valence-electron chi connectivity index (χ1n) is 5.58. The second-order valence-corrected chi connectivity index (χ2v) is 5.03. The van der Waals surface area contributed by atoms with Crippen molar-refractivity contribution in [2.24, 2.45) is 0 Å². The Labute approximate surface area is 89.8 Å². The molecular formula is C11H18N2S. The number of aromatic nitrogens is 1. The molecule has 2 nitrogen and oxygen atoms in total. The summed E-state index contributed by atoms with van der Waals surface area (Å²) in [5.41, 5.74) is 1.38. The molecule has 1 aliphatic rings. The van der Waals surface area contributed by atoms with E-state index in [-0.39, 0.29) is 0 Å². The first kappa shape index (κ1) is 10.1. The number of thiazole rings is 1. The van der Waals surface area contributed by atoms with Gasteiger partial charge < -0.3 is 5.32 Å². The Kier molecular flexibility index (Phi) is 3.54. The lowest BCUT2D eigenvalue weighted by Gasteiger charge is -1.99. The van der Waals surface area contributed by atoms with Gasteiger partial charge in [0.1, 0.15) is 5.01 Å². The predicted molar refractivity (Wildman–Crippen MR) is 60.8 cm³/mol. The van der Waals surface area contributed by atoms with Crippen LogP contribution in [-0.2, 0) is 19.4 Å². The lowest BCUT2D eigenvalue weighted by Crippen LogP contribution is -2.14. The third-order valence-electron chi connectivity index (χ3n) is 2.62. The number of hydrogen-bond acceptors (Lipinski definition) is 3. The van der Waals surface area contributed by atoms with Crippen LogP contribution in [0.1, 0.15) is 41.8 Å². The van der Waals surface area contributed by atoms with E-state index in [1.807, 2.05) is 11.3 Å². The van der Waals surface area contributed by atoms with E-state index in [2.05, 4.69) is 17.2 Å². The van der Waals surface area contributed by atoms with Gasteiger partial charge in [0.25, 0.3) is 0 Å². The lowest BCUT2D eigenvalue weighted by atomic mass is 10.3. The molecule has 0 bridgehead atoms. The van der Waals surface area contributed by atoms with Crippen LogP contribution in [0.5, 0.6) is 0 Å². The van der Waals surface area contributed by atoms with Crippen LogP contribution in [-0.4, -0.2) is 11.5 Å². The molecule has 0 spiro atoms. The van der Waals surface area contributed by atoms with Crippen LogP contribution in [0.3, 0.4) is 0 Å². The highest BCUT2D eigenvalue weighted by Gasteiger charge is 2.15. The first-order chi connectivity index (χ1) is 6.90. The molecule has 1 N–H and O–H groups in total. The Balaban J connectivity index is 1.79. The molecule has 3 heteroatoms. The van der Waals surface area contributed by atoms with E-state index in [1.54, 1.807) is 0 Å². The first-order valence-corrected chi connectivity index (χ1v) is 6.40. The number of hydrogen-bond donors (Lipinski definition) is 1. The van der Waals surface area contributed by atoms with Crippen LogP contribution in [0.25, 0.3) is 0 Å². The summed E-state index contributed by atoms with van der Waals surface area (Å²) in [5.74, 6) is 0. The van der Waals surface area contributed by atoms with Gasteiger partial charge in [-0.25, -0.2) is 4.98 Å². The predicted octanol–water partition coefficient (Wildman–Crippen LogP) is 2.52. The summed E-state index contributed by atoms with van der Waals surface area (Å²) in [6.45, 7) is 4.32. The zero-order chi connectivity index (χ0) is 9.80. The summed E-state index contributed by atoms with van der Waals surface area (Å²) in [6.07, 6.45) is 6.33. The second-order valence-electron chi connectivity index (χ2n) is 3.86. The molecule has 78 valence electrons. The molecule has 14 heavy (non-hydrogen) atoms. The average molecular weight is 210 g/mol. The van der Waals surface area contributed by atoms with E-state index in [1.165, 1.54) is 47.7 Å². The molecule has 0 saturated carbocycles. The van der Waals surface area contributed by atoms with Gasteiger partial charge in [-0.15, -0.1) is 11.3 Å². The molecule has 1 aromatic heterocycles. The van der Waals surface area contributed by atoms with E-state index >= 15 is 0 Å². The SMILES string of the molecule is CCCCNCc1nc2c(s1)CCC2. The second kappa shape index (κ2) is 4.89. The zero-order valence-corrected chi connectivity index (χ0v) is 9.62. The lowest BCUT2D eigenvalue weighted by molar-refractivity contribution is 0.638. The summed E-state index contributed by atoms with van der Waals surface area (Å²) in [6, 6.07) is 0. The topological polar surface area (TPSA) is 24.9 Å². The van der Waals surface area contributed by atoms with Gasteiger partial charge in [0, 0.05) is 11.4 Å². The van der Waals surface area contributed by atoms with Crippen molar-refractivity contribution in [3.8, 4) is 0 Å². The van der Waals surface area contributed by atoms with Gasteiger partial charge in [0.05, 0.1) is 5.69 Å². The number of aryl methyl sites for hydroxylation is 2. The number of unbranched alkanes of at least 4 members (excludes halogenated alkanes) is 1. The minimum atomic E-state index is 0.970. The van der Waals surface area contributed by atoms with Crippen molar-refractivity contribution in [3.63, 3.8) is 0 Å². The molecule has 1 heterocycles. The largest absolute Gasteiger partial charge is 0.310 e. The van der Waals surface area contributed by atoms with Crippen LogP contribution < -0.4 is 5.32 Å². The van der Waals surface area contributed by atoms with Crippen molar-refractivity contribution in [1.29, 1.82) is 0 Å². The monoisotopic (exact) mass is 210 g/mol. The number of fused-ring (bicyclic) bond motifs is 1. The minimum Gasteiger partial charge on any atom is -0.310 e. The molecule has 1 aromatic rings. The highest BCUT2D eigenvalue weighted by molar-refractivity contribution is 7.11. The quantitative estimate of drug-likeness (QED) is 0.755. The standard InChI is InChI=1S/C11H18N2S/c1-2-3-7-12-8-11-13-9-5-4-6-10(9)14-11/h12H,2-8H2,1H3. The molecule has 0 atom stereocenters. The smallest absolute Gasteiger partial charge is 0.107 e. The van der Waals surface area contributed by atoms with E-state index < -0.39 is 0 Å². The summed E-state index contributed by atoms with van der Waals surface area (Å²) >= 11 is 1.91. The number of nitrogens with one attached hydrogen (secondary N) is 1. The summed E-state index contributed by atoms with van der Waals surface area (Å²) in [4.78, 5) is 6.18. The van der Waals surface area contributed by atoms with Crippen molar-refractivity contribution in [1.82, 2.24) is 10.3 Å². The van der Waals surface area contributed by atoms with Crippen molar-refractivity contribution >= 4 is 11.3 Å². The van der Waals surface area contributed by atoms with Crippen LogP contribution in [0.15, 0.2) is 0 Å². The Morgan fingerprint density at radius 3 is 3.14 bits per heavy atom. The molecule has 0 aromatic carbocycles.